The molecule has 1 atom stereocenters. The van der Waals surface area contributed by atoms with Crippen LogP contribution < -0.4 is 0 Å². The van der Waals surface area contributed by atoms with E-state index in [1.165, 1.54) is 24.3 Å². The lowest BCUT2D eigenvalue weighted by atomic mass is 9.81. The Morgan fingerprint density at radius 1 is 0.875 bits per heavy atom. The number of carbonyl (C=O) groups excluding carboxylic acids is 2. The maximum absolute atomic E-state index is 13.3. The van der Waals surface area contributed by atoms with Gasteiger partial charge in [-0.1, -0.05) is 36.4 Å². The van der Waals surface area contributed by atoms with E-state index >= 15 is 0 Å². The van der Waals surface area contributed by atoms with Gasteiger partial charge in [0.2, 0.25) is 11.8 Å². The Morgan fingerprint density at radius 2 is 1.47 bits per heavy atom. The van der Waals surface area contributed by atoms with Crippen LogP contribution in [0.2, 0.25) is 0 Å². The highest BCUT2D eigenvalue weighted by molar-refractivity contribution is 5.80. The number of halogens is 2. The van der Waals surface area contributed by atoms with Crippen molar-refractivity contribution in [1.29, 1.82) is 0 Å². The maximum Gasteiger partial charge on any atom is 0.226 e. The van der Waals surface area contributed by atoms with Gasteiger partial charge in [-0.25, -0.2) is 8.78 Å². The molecule has 0 N–H and O–H groups in total. The van der Waals surface area contributed by atoms with Crippen LogP contribution in [0, 0.1) is 23.5 Å². The summed E-state index contributed by atoms with van der Waals surface area (Å²) < 4.78 is 26.3. The van der Waals surface area contributed by atoms with Gasteiger partial charge in [0, 0.05) is 32.1 Å². The van der Waals surface area contributed by atoms with Crippen LogP contribution in [0.4, 0.5) is 8.78 Å². The van der Waals surface area contributed by atoms with E-state index in [0.717, 1.165) is 24.0 Å². The van der Waals surface area contributed by atoms with Gasteiger partial charge in [-0.05, 0) is 60.6 Å². The Labute approximate surface area is 187 Å². The Kier molecular flexibility index (Phi) is 6.98. The molecule has 1 unspecified atom stereocenters. The number of benzene rings is 2. The topological polar surface area (TPSA) is 40.6 Å². The summed E-state index contributed by atoms with van der Waals surface area (Å²) in [5, 5.41) is 0. The van der Waals surface area contributed by atoms with E-state index in [-0.39, 0.29) is 41.7 Å². The van der Waals surface area contributed by atoms with Gasteiger partial charge in [0.05, 0.1) is 6.42 Å². The lowest BCUT2D eigenvalue weighted by Crippen LogP contribution is -2.44. The molecular formula is C26H28F2N2O2. The molecule has 1 fully saturated rings. The zero-order valence-electron chi connectivity index (χ0n) is 18.1. The van der Waals surface area contributed by atoms with Crippen LogP contribution in [0.1, 0.15) is 30.4 Å². The Morgan fingerprint density at radius 3 is 2.09 bits per heavy atom. The van der Waals surface area contributed by atoms with E-state index in [0.29, 0.717) is 32.6 Å². The Hall–Kier alpha value is -3.02. The lowest BCUT2D eigenvalue weighted by Gasteiger charge is -2.36. The average Bonchev–Trinajstić information content (AvgIpc) is 2.98. The molecule has 0 bridgehead atoms. The van der Waals surface area contributed by atoms with Gasteiger partial charge in [-0.2, -0.15) is 0 Å². The van der Waals surface area contributed by atoms with Gasteiger partial charge in [0.25, 0.3) is 0 Å². The fourth-order valence-electron chi connectivity index (χ4n) is 4.66. The lowest BCUT2D eigenvalue weighted by molar-refractivity contribution is -0.138. The molecular weight excluding hydrogens is 410 g/mol. The van der Waals surface area contributed by atoms with E-state index in [1.807, 2.05) is 15.9 Å². The van der Waals surface area contributed by atoms with Crippen molar-refractivity contribution in [3.05, 3.63) is 83.4 Å². The molecule has 1 saturated heterocycles. The minimum absolute atomic E-state index is 0.0417. The molecule has 32 heavy (non-hydrogen) atoms. The van der Waals surface area contributed by atoms with Crippen molar-refractivity contribution in [2.24, 2.45) is 11.8 Å². The Bertz CT molecular complexity index is 964. The normalized spacial score (nSPS) is 19.8. The number of amides is 2. The van der Waals surface area contributed by atoms with Crippen molar-refractivity contribution in [2.45, 2.75) is 32.2 Å². The van der Waals surface area contributed by atoms with Crippen molar-refractivity contribution < 1.29 is 18.4 Å². The van der Waals surface area contributed by atoms with Crippen molar-refractivity contribution in [1.82, 2.24) is 9.80 Å². The molecule has 0 aliphatic carbocycles. The SMILES string of the molecule is O=C(Cc1ccc(F)cc1)N1CCC(C2CC=CCN(Cc3ccc(F)cc3)C2=O)CC1. The number of carbonyl (C=O) groups is 2. The van der Waals surface area contributed by atoms with Crippen LogP contribution in [0.25, 0.3) is 0 Å². The van der Waals surface area contributed by atoms with Crippen LogP contribution in [0.3, 0.4) is 0 Å². The number of piperidine rings is 1. The maximum atomic E-state index is 13.3. The predicted molar refractivity (Wildman–Crippen MR) is 118 cm³/mol. The first-order chi connectivity index (χ1) is 15.5. The number of likely N-dealkylation sites (tertiary alicyclic amines) is 1. The second-order valence-corrected chi connectivity index (χ2v) is 8.68. The molecule has 4 rings (SSSR count). The number of rotatable bonds is 5. The fraction of sp³-hybridized carbons (Fsp3) is 0.385. The van der Waals surface area contributed by atoms with Crippen molar-refractivity contribution in [3.8, 4) is 0 Å². The first-order valence-corrected chi connectivity index (χ1v) is 11.2. The summed E-state index contributed by atoms with van der Waals surface area (Å²) in [6, 6.07) is 12.3. The molecule has 0 spiro atoms. The van der Waals surface area contributed by atoms with Gasteiger partial charge >= 0.3 is 0 Å². The van der Waals surface area contributed by atoms with Crippen LogP contribution >= 0.6 is 0 Å². The minimum atomic E-state index is -0.308. The first kappa shape index (κ1) is 22.2. The number of hydrogen-bond donors (Lipinski definition) is 0. The molecule has 0 aromatic heterocycles. The molecule has 2 aliphatic heterocycles. The van der Waals surface area contributed by atoms with Crippen molar-refractivity contribution >= 4 is 11.8 Å². The first-order valence-electron chi connectivity index (χ1n) is 11.2. The smallest absolute Gasteiger partial charge is 0.226 e. The van der Waals surface area contributed by atoms with Gasteiger partial charge in [0.15, 0.2) is 0 Å². The Balaban J connectivity index is 1.33. The van der Waals surface area contributed by atoms with Gasteiger partial charge < -0.3 is 9.80 Å². The second kappa shape index (κ2) is 10.1. The molecule has 0 saturated carbocycles. The molecule has 6 heteroatoms. The van der Waals surface area contributed by atoms with Crippen molar-refractivity contribution in [3.63, 3.8) is 0 Å². The summed E-state index contributed by atoms with van der Waals surface area (Å²) in [6.45, 7) is 2.29. The van der Waals surface area contributed by atoms with Crippen LogP contribution in [0.5, 0.6) is 0 Å². The monoisotopic (exact) mass is 438 g/mol. The summed E-state index contributed by atoms with van der Waals surface area (Å²) in [6.07, 6.45) is 6.68. The number of allylic oxidation sites excluding steroid dienone is 1. The molecule has 0 radical (unpaired) electrons. The van der Waals surface area contributed by atoms with Crippen LogP contribution in [-0.2, 0) is 22.6 Å². The summed E-state index contributed by atoms with van der Waals surface area (Å²) in [7, 11) is 0. The van der Waals surface area contributed by atoms with E-state index in [2.05, 4.69) is 6.08 Å². The average molecular weight is 439 g/mol. The summed E-state index contributed by atoms with van der Waals surface area (Å²) in [5.41, 5.74) is 1.72. The van der Waals surface area contributed by atoms with Gasteiger partial charge in [-0.15, -0.1) is 0 Å². The molecule has 2 heterocycles. The second-order valence-electron chi connectivity index (χ2n) is 8.68. The van der Waals surface area contributed by atoms with Gasteiger partial charge in [-0.3, -0.25) is 9.59 Å². The van der Waals surface area contributed by atoms with Crippen molar-refractivity contribution in [2.75, 3.05) is 19.6 Å². The summed E-state index contributed by atoms with van der Waals surface area (Å²) in [5.74, 6) is -0.276. The highest BCUT2D eigenvalue weighted by Crippen LogP contribution is 2.31. The zero-order chi connectivity index (χ0) is 22.5. The minimum Gasteiger partial charge on any atom is -0.342 e. The van der Waals surface area contributed by atoms with E-state index < -0.39 is 0 Å². The van der Waals surface area contributed by atoms with Gasteiger partial charge in [0.1, 0.15) is 11.6 Å². The van der Waals surface area contributed by atoms with E-state index in [4.69, 9.17) is 0 Å². The van der Waals surface area contributed by atoms with Crippen LogP contribution in [0.15, 0.2) is 60.7 Å². The predicted octanol–water partition coefficient (Wildman–Crippen LogP) is 4.35. The molecule has 2 aromatic rings. The third-order valence-corrected chi connectivity index (χ3v) is 6.53. The molecule has 168 valence electrons. The molecule has 2 aromatic carbocycles. The highest BCUT2D eigenvalue weighted by atomic mass is 19.1. The molecule has 4 nitrogen and oxygen atoms in total. The summed E-state index contributed by atoms with van der Waals surface area (Å²) in [4.78, 5) is 29.6. The zero-order valence-corrected chi connectivity index (χ0v) is 18.1. The summed E-state index contributed by atoms with van der Waals surface area (Å²) >= 11 is 0. The number of hydrogen-bond acceptors (Lipinski definition) is 2. The fourth-order valence-corrected chi connectivity index (χ4v) is 4.66. The number of nitrogens with zero attached hydrogens (tertiary/aromatic N) is 2. The van der Waals surface area contributed by atoms with E-state index in [9.17, 15) is 18.4 Å². The third-order valence-electron chi connectivity index (χ3n) is 6.53. The standard InChI is InChI=1S/C26H28F2N2O2/c27-22-8-4-19(5-9-22)17-25(31)29-15-12-21(13-16-29)24-3-1-2-14-30(26(24)32)18-20-6-10-23(28)11-7-20/h1-2,4-11,21,24H,3,12-18H2. The van der Waals surface area contributed by atoms with Crippen LogP contribution in [-0.4, -0.2) is 41.2 Å². The molecule has 2 amide bonds. The third kappa shape index (κ3) is 5.42. The van der Waals surface area contributed by atoms with E-state index in [1.54, 1.807) is 24.3 Å². The molecule has 2 aliphatic rings. The largest absolute Gasteiger partial charge is 0.342 e. The highest BCUT2D eigenvalue weighted by Gasteiger charge is 2.34. The quantitative estimate of drug-likeness (QED) is 0.652.